The van der Waals surface area contributed by atoms with Crippen LogP contribution in [0.3, 0.4) is 0 Å². The maximum atomic E-state index is 12.8. The number of carbonyl (C=O) groups excluding carboxylic acids is 1. The monoisotopic (exact) mass is 412 g/mol. The zero-order valence-corrected chi connectivity index (χ0v) is 18.8. The molecule has 2 aromatic heterocycles. The molecule has 1 atom stereocenters. The number of piperazine rings is 1. The molecule has 3 heterocycles. The summed E-state index contributed by atoms with van der Waals surface area (Å²) in [4.78, 5) is 17.9. The van der Waals surface area contributed by atoms with Crippen LogP contribution in [0.25, 0.3) is 5.65 Å². The van der Waals surface area contributed by atoms with E-state index in [0.29, 0.717) is 11.6 Å². The Kier molecular flexibility index (Phi) is 6.39. The molecule has 1 aliphatic carbocycles. The number of fused-ring (bicyclic) bond motifs is 1. The molecule has 0 aromatic carbocycles. The highest BCUT2D eigenvalue weighted by molar-refractivity contribution is 5.94. The van der Waals surface area contributed by atoms with Gasteiger partial charge in [0.15, 0.2) is 11.5 Å². The largest absolute Gasteiger partial charge is 0.349 e. The van der Waals surface area contributed by atoms with E-state index >= 15 is 0 Å². The second-order valence-electron chi connectivity index (χ2n) is 9.24. The van der Waals surface area contributed by atoms with Crippen molar-refractivity contribution in [1.29, 1.82) is 0 Å². The van der Waals surface area contributed by atoms with E-state index in [-0.39, 0.29) is 18.0 Å². The molecule has 30 heavy (non-hydrogen) atoms. The second kappa shape index (κ2) is 9.02. The predicted molar refractivity (Wildman–Crippen MR) is 119 cm³/mol. The Morgan fingerprint density at radius 3 is 2.60 bits per heavy atom. The summed E-state index contributed by atoms with van der Waals surface area (Å²) in [5.74, 6) is 1.80. The summed E-state index contributed by atoms with van der Waals surface area (Å²) in [5.41, 5.74) is 1.46. The van der Waals surface area contributed by atoms with Crippen LogP contribution in [0.5, 0.6) is 0 Å². The van der Waals surface area contributed by atoms with Gasteiger partial charge in [0.05, 0.1) is 11.6 Å². The standard InChI is InChI=1S/C23H36N6O/c1-5-19(6-2)24-23(30)18-9-10-21-25-26-22(29(21)14-18)20-15-27(13-17-7-8-17)11-12-28(20)16(3)4/h9-10,14,16-17,19-20H,5-8,11-13,15H2,1-4H3,(H,24,30)/t20-/m1/s1. The Morgan fingerprint density at radius 1 is 1.17 bits per heavy atom. The van der Waals surface area contributed by atoms with Crippen LogP contribution < -0.4 is 5.32 Å². The summed E-state index contributed by atoms with van der Waals surface area (Å²) in [6, 6.07) is 4.59. The molecule has 0 bridgehead atoms. The fourth-order valence-corrected chi connectivity index (χ4v) is 4.56. The molecule has 164 valence electrons. The van der Waals surface area contributed by atoms with Crippen molar-refractivity contribution in [3.05, 3.63) is 29.7 Å². The average molecular weight is 413 g/mol. The molecule has 0 spiro atoms. The second-order valence-corrected chi connectivity index (χ2v) is 9.24. The summed E-state index contributed by atoms with van der Waals surface area (Å²) >= 11 is 0. The van der Waals surface area contributed by atoms with Crippen molar-refractivity contribution in [3.63, 3.8) is 0 Å². The molecule has 1 aliphatic heterocycles. The van der Waals surface area contributed by atoms with Crippen molar-refractivity contribution in [2.75, 3.05) is 26.2 Å². The van der Waals surface area contributed by atoms with Crippen LogP contribution >= 0.6 is 0 Å². The highest BCUT2D eigenvalue weighted by atomic mass is 16.1. The molecule has 4 rings (SSSR count). The summed E-state index contributed by atoms with van der Waals surface area (Å²) in [7, 11) is 0. The number of rotatable bonds is 8. The van der Waals surface area contributed by atoms with Gasteiger partial charge in [0.2, 0.25) is 0 Å². The number of hydrogen-bond acceptors (Lipinski definition) is 5. The molecule has 1 N–H and O–H groups in total. The molecule has 1 amide bonds. The van der Waals surface area contributed by atoms with Gasteiger partial charge in [-0.2, -0.15) is 0 Å². The molecule has 0 radical (unpaired) electrons. The molecular formula is C23H36N6O. The average Bonchev–Trinajstić information content (AvgIpc) is 3.46. The van der Waals surface area contributed by atoms with Crippen molar-refractivity contribution in [3.8, 4) is 0 Å². The van der Waals surface area contributed by atoms with Crippen molar-refractivity contribution in [1.82, 2.24) is 29.7 Å². The van der Waals surface area contributed by atoms with Gasteiger partial charge in [0.1, 0.15) is 0 Å². The van der Waals surface area contributed by atoms with E-state index in [0.717, 1.165) is 49.9 Å². The Balaban J connectivity index is 1.61. The van der Waals surface area contributed by atoms with Gasteiger partial charge < -0.3 is 5.32 Å². The molecule has 2 fully saturated rings. The Morgan fingerprint density at radius 2 is 1.93 bits per heavy atom. The number of carbonyl (C=O) groups is 1. The molecule has 1 saturated carbocycles. The highest BCUT2D eigenvalue weighted by Gasteiger charge is 2.35. The zero-order chi connectivity index (χ0) is 21.3. The van der Waals surface area contributed by atoms with E-state index in [2.05, 4.69) is 53.0 Å². The van der Waals surface area contributed by atoms with E-state index in [1.165, 1.54) is 19.4 Å². The minimum atomic E-state index is -0.0232. The van der Waals surface area contributed by atoms with Crippen molar-refractivity contribution in [2.24, 2.45) is 5.92 Å². The first-order valence-electron chi connectivity index (χ1n) is 11.6. The van der Waals surface area contributed by atoms with E-state index in [1.54, 1.807) is 0 Å². The topological polar surface area (TPSA) is 65.8 Å². The SMILES string of the molecule is CCC(CC)NC(=O)c1ccc2nnc([C@H]3CN(CC4CC4)CCN3C(C)C)n2c1. The molecule has 7 nitrogen and oxygen atoms in total. The van der Waals surface area contributed by atoms with Gasteiger partial charge in [0.25, 0.3) is 5.91 Å². The molecular weight excluding hydrogens is 376 g/mol. The normalized spacial score (nSPS) is 21.1. The third kappa shape index (κ3) is 4.52. The van der Waals surface area contributed by atoms with E-state index in [1.807, 2.05) is 22.7 Å². The lowest BCUT2D eigenvalue weighted by molar-refractivity contribution is 0.0437. The zero-order valence-electron chi connectivity index (χ0n) is 18.8. The first-order chi connectivity index (χ1) is 14.5. The van der Waals surface area contributed by atoms with Gasteiger partial charge >= 0.3 is 0 Å². The summed E-state index contributed by atoms with van der Waals surface area (Å²) < 4.78 is 2.03. The summed E-state index contributed by atoms with van der Waals surface area (Å²) in [6.45, 7) is 13.0. The van der Waals surface area contributed by atoms with Gasteiger partial charge in [-0.1, -0.05) is 13.8 Å². The quantitative estimate of drug-likeness (QED) is 0.722. The van der Waals surface area contributed by atoms with Crippen LogP contribution in [-0.2, 0) is 0 Å². The lowest BCUT2D eigenvalue weighted by atomic mass is 10.1. The number of hydrogen-bond donors (Lipinski definition) is 1. The Labute approximate surface area is 179 Å². The molecule has 2 aliphatic rings. The molecule has 0 unspecified atom stereocenters. The van der Waals surface area contributed by atoms with Crippen LogP contribution in [0.4, 0.5) is 0 Å². The van der Waals surface area contributed by atoms with E-state index in [4.69, 9.17) is 0 Å². The van der Waals surface area contributed by atoms with Gasteiger partial charge in [-0.3, -0.25) is 19.0 Å². The third-order valence-corrected chi connectivity index (χ3v) is 6.69. The van der Waals surface area contributed by atoms with Crippen LogP contribution in [0, 0.1) is 5.92 Å². The summed E-state index contributed by atoms with van der Waals surface area (Å²) in [5, 5.41) is 12.1. The van der Waals surface area contributed by atoms with Crippen molar-refractivity contribution in [2.45, 2.75) is 71.5 Å². The number of amides is 1. The number of aromatic nitrogens is 3. The van der Waals surface area contributed by atoms with Crippen molar-refractivity contribution < 1.29 is 4.79 Å². The molecule has 7 heteroatoms. The fourth-order valence-electron chi connectivity index (χ4n) is 4.56. The number of pyridine rings is 1. The minimum absolute atomic E-state index is 0.0232. The lowest BCUT2D eigenvalue weighted by Gasteiger charge is -2.42. The van der Waals surface area contributed by atoms with Gasteiger partial charge in [0, 0.05) is 44.5 Å². The Hall–Kier alpha value is -1.99. The van der Waals surface area contributed by atoms with Gasteiger partial charge in [-0.25, -0.2) is 0 Å². The fraction of sp³-hybridized carbons (Fsp3) is 0.696. The highest BCUT2D eigenvalue weighted by Crippen LogP contribution is 2.33. The van der Waals surface area contributed by atoms with E-state index < -0.39 is 0 Å². The first-order valence-corrected chi connectivity index (χ1v) is 11.6. The molecule has 2 aromatic rings. The number of nitrogens with one attached hydrogen (secondary N) is 1. The van der Waals surface area contributed by atoms with Crippen LogP contribution in [0.2, 0.25) is 0 Å². The van der Waals surface area contributed by atoms with Crippen LogP contribution in [-0.4, -0.2) is 68.6 Å². The minimum Gasteiger partial charge on any atom is -0.349 e. The van der Waals surface area contributed by atoms with Crippen LogP contribution in [0.1, 0.15) is 75.6 Å². The van der Waals surface area contributed by atoms with Gasteiger partial charge in [-0.05, 0) is 57.6 Å². The Bertz CT molecular complexity index is 870. The summed E-state index contributed by atoms with van der Waals surface area (Å²) in [6.07, 6.45) is 6.53. The van der Waals surface area contributed by atoms with Crippen LogP contribution in [0.15, 0.2) is 18.3 Å². The maximum Gasteiger partial charge on any atom is 0.252 e. The number of nitrogens with zero attached hydrogens (tertiary/aromatic N) is 5. The van der Waals surface area contributed by atoms with E-state index in [9.17, 15) is 4.79 Å². The van der Waals surface area contributed by atoms with Gasteiger partial charge in [-0.15, -0.1) is 10.2 Å². The third-order valence-electron chi connectivity index (χ3n) is 6.69. The molecule has 1 saturated heterocycles. The smallest absolute Gasteiger partial charge is 0.252 e. The maximum absolute atomic E-state index is 12.8. The first kappa shape index (κ1) is 21.2. The lowest BCUT2D eigenvalue weighted by Crippen LogP contribution is -2.51. The van der Waals surface area contributed by atoms with Crippen molar-refractivity contribution >= 4 is 11.6 Å². The predicted octanol–water partition coefficient (Wildman–Crippen LogP) is 3.12.